The summed E-state index contributed by atoms with van der Waals surface area (Å²) < 4.78 is 14.5. The number of halogens is 1. The van der Waals surface area contributed by atoms with Crippen LogP contribution in [-0.2, 0) is 22.3 Å². The molecule has 2 heterocycles. The Morgan fingerprint density at radius 3 is 2.65 bits per heavy atom. The van der Waals surface area contributed by atoms with Crippen molar-refractivity contribution < 1.29 is 9.00 Å². The van der Waals surface area contributed by atoms with E-state index < -0.39 is 10.8 Å². The molecule has 1 atom stereocenters. The smallest absolute Gasteiger partial charge is 0.257 e. The van der Waals surface area contributed by atoms with Crippen LogP contribution >= 0.6 is 15.9 Å². The number of hydrogen-bond donors (Lipinski definition) is 1. The topological polar surface area (TPSA) is 64.0 Å². The zero-order valence-corrected chi connectivity index (χ0v) is 16.4. The Bertz CT molecular complexity index is 1050. The predicted molar refractivity (Wildman–Crippen MR) is 106 cm³/mol. The minimum atomic E-state index is -0.969. The lowest BCUT2D eigenvalue weighted by Gasteiger charge is -2.13. The van der Waals surface area contributed by atoms with Crippen molar-refractivity contribution in [2.45, 2.75) is 18.4 Å². The second-order valence-electron chi connectivity index (χ2n) is 6.13. The van der Waals surface area contributed by atoms with Crippen LogP contribution < -0.4 is 5.32 Å². The Morgan fingerprint density at radius 2 is 1.88 bits per heavy atom. The fourth-order valence-electron chi connectivity index (χ4n) is 3.05. The number of carbonyl (C=O) groups is 1. The summed E-state index contributed by atoms with van der Waals surface area (Å²) in [4.78, 5) is 12.8. The van der Waals surface area contributed by atoms with E-state index in [1.165, 1.54) is 0 Å². The third kappa shape index (κ3) is 3.01. The van der Waals surface area contributed by atoms with E-state index in [2.05, 4.69) is 26.3 Å². The number of nitrogens with one attached hydrogen (secondary N) is 1. The molecule has 0 aliphatic carbocycles. The van der Waals surface area contributed by atoms with E-state index in [0.29, 0.717) is 22.9 Å². The number of benzene rings is 2. The van der Waals surface area contributed by atoms with Crippen LogP contribution in [0.1, 0.15) is 27.2 Å². The lowest BCUT2D eigenvalue weighted by Crippen LogP contribution is -2.17. The Labute approximate surface area is 162 Å². The van der Waals surface area contributed by atoms with E-state index in [1.54, 1.807) is 10.7 Å². The molecule has 4 rings (SSSR count). The number of para-hydroxylation sites is 1. The van der Waals surface area contributed by atoms with Crippen molar-refractivity contribution in [2.24, 2.45) is 0 Å². The largest absolute Gasteiger partial charge is 0.306 e. The summed E-state index contributed by atoms with van der Waals surface area (Å²) in [5.74, 6) is 1.20. The minimum absolute atomic E-state index is 0.229. The number of rotatable bonds is 3. The van der Waals surface area contributed by atoms with Gasteiger partial charge in [-0.25, -0.2) is 4.68 Å². The molecular formula is C19H16BrN3O2S. The van der Waals surface area contributed by atoms with Crippen LogP contribution in [0.2, 0.25) is 0 Å². The molecule has 1 aliphatic heterocycles. The van der Waals surface area contributed by atoms with Crippen LogP contribution in [0.4, 0.5) is 5.82 Å². The van der Waals surface area contributed by atoms with Gasteiger partial charge in [-0.15, -0.1) is 0 Å². The van der Waals surface area contributed by atoms with E-state index in [1.807, 2.05) is 49.4 Å². The normalized spacial score (nSPS) is 15.7. The second kappa shape index (κ2) is 6.81. The van der Waals surface area contributed by atoms with Gasteiger partial charge >= 0.3 is 0 Å². The first-order valence-electron chi connectivity index (χ1n) is 8.12. The first-order valence-corrected chi connectivity index (χ1v) is 10.4. The minimum Gasteiger partial charge on any atom is -0.306 e. The third-order valence-corrected chi connectivity index (χ3v) is 6.26. The average molecular weight is 430 g/mol. The molecular weight excluding hydrogens is 414 g/mol. The summed E-state index contributed by atoms with van der Waals surface area (Å²) in [5.41, 5.74) is 4.13. The Morgan fingerprint density at radius 1 is 1.15 bits per heavy atom. The van der Waals surface area contributed by atoms with Gasteiger partial charge in [0.05, 0.1) is 28.5 Å². The number of anilines is 1. The number of nitrogens with zero attached hydrogens (tertiary/aromatic N) is 2. The maximum absolute atomic E-state index is 12.8. The van der Waals surface area contributed by atoms with E-state index >= 15 is 0 Å². The highest BCUT2D eigenvalue weighted by Gasteiger charge is 2.29. The highest BCUT2D eigenvalue weighted by Crippen LogP contribution is 2.32. The number of aryl methyl sites for hydroxylation is 1. The van der Waals surface area contributed by atoms with Crippen LogP contribution in [0.15, 0.2) is 53.0 Å². The van der Waals surface area contributed by atoms with Gasteiger partial charge < -0.3 is 5.32 Å². The first kappa shape index (κ1) is 17.2. The van der Waals surface area contributed by atoms with Gasteiger partial charge in [0, 0.05) is 20.8 Å². The maximum atomic E-state index is 12.8. The molecule has 1 N–H and O–H groups in total. The van der Waals surface area contributed by atoms with Crippen molar-refractivity contribution in [1.29, 1.82) is 0 Å². The van der Waals surface area contributed by atoms with Gasteiger partial charge in [0.1, 0.15) is 5.82 Å². The van der Waals surface area contributed by atoms with Gasteiger partial charge in [-0.3, -0.25) is 9.00 Å². The average Bonchev–Trinajstić information content (AvgIpc) is 3.13. The van der Waals surface area contributed by atoms with Crippen LogP contribution in [0.3, 0.4) is 0 Å². The molecule has 2 aromatic carbocycles. The molecule has 5 nitrogen and oxygen atoms in total. The molecule has 1 amide bonds. The fraction of sp³-hybridized carbons (Fsp3) is 0.158. The van der Waals surface area contributed by atoms with Gasteiger partial charge in [-0.1, -0.05) is 30.3 Å². The Hall–Kier alpha value is -2.25. The number of hydrogen-bond acceptors (Lipinski definition) is 3. The van der Waals surface area contributed by atoms with E-state index in [9.17, 15) is 9.00 Å². The molecule has 132 valence electrons. The molecule has 7 heteroatoms. The summed E-state index contributed by atoms with van der Waals surface area (Å²) in [6, 6.07) is 15.1. The molecule has 0 spiro atoms. The molecule has 0 saturated carbocycles. The number of fused-ring (bicyclic) bond motifs is 1. The van der Waals surface area contributed by atoms with E-state index in [-0.39, 0.29) is 5.91 Å². The molecule has 0 radical (unpaired) electrons. The van der Waals surface area contributed by atoms with Crippen LogP contribution in [0, 0.1) is 6.92 Å². The van der Waals surface area contributed by atoms with Gasteiger partial charge in [-0.05, 0) is 46.6 Å². The van der Waals surface area contributed by atoms with Crippen LogP contribution in [-0.4, -0.2) is 19.9 Å². The molecule has 26 heavy (non-hydrogen) atoms. The molecule has 0 unspecified atom stereocenters. The van der Waals surface area contributed by atoms with Crippen LogP contribution in [0.5, 0.6) is 0 Å². The van der Waals surface area contributed by atoms with Crippen molar-refractivity contribution in [3.8, 4) is 5.69 Å². The van der Waals surface area contributed by atoms with Crippen molar-refractivity contribution in [3.05, 3.63) is 75.4 Å². The van der Waals surface area contributed by atoms with Crippen molar-refractivity contribution in [2.75, 3.05) is 5.32 Å². The fourth-order valence-corrected chi connectivity index (χ4v) is 4.78. The standard InChI is InChI=1S/C19H16BrN3O2S/c1-12-6-2-5-9-17(12)23-18(14-10-26(25)11-16(14)22-23)21-19(24)13-7-3-4-8-15(13)20/h2-9H,10-11H2,1H3,(H,21,24)/t26-/m0/s1. The molecule has 0 fully saturated rings. The molecule has 1 aliphatic rings. The third-order valence-electron chi connectivity index (χ3n) is 4.36. The SMILES string of the molecule is Cc1ccccc1-n1nc2c(c1NC(=O)c1ccccc1Br)C[S@](=O)C2. The van der Waals surface area contributed by atoms with Crippen molar-refractivity contribution >= 4 is 38.5 Å². The Kier molecular flexibility index (Phi) is 4.50. The summed E-state index contributed by atoms with van der Waals surface area (Å²) >= 11 is 3.42. The van der Waals surface area contributed by atoms with Crippen LogP contribution in [0.25, 0.3) is 5.69 Å². The molecule has 0 saturated heterocycles. The van der Waals surface area contributed by atoms with E-state index in [4.69, 9.17) is 0 Å². The second-order valence-corrected chi connectivity index (χ2v) is 8.45. The maximum Gasteiger partial charge on any atom is 0.257 e. The van der Waals surface area contributed by atoms with Gasteiger partial charge in [-0.2, -0.15) is 5.10 Å². The van der Waals surface area contributed by atoms with E-state index in [0.717, 1.165) is 27.0 Å². The number of carbonyl (C=O) groups excluding carboxylic acids is 1. The first-order chi connectivity index (χ1) is 12.5. The van der Waals surface area contributed by atoms with Gasteiger partial charge in [0.15, 0.2) is 0 Å². The summed E-state index contributed by atoms with van der Waals surface area (Å²) in [7, 11) is -0.969. The highest BCUT2D eigenvalue weighted by molar-refractivity contribution is 9.10. The zero-order chi connectivity index (χ0) is 18.3. The Balaban J connectivity index is 1.80. The van der Waals surface area contributed by atoms with Crippen molar-refractivity contribution in [3.63, 3.8) is 0 Å². The lowest BCUT2D eigenvalue weighted by atomic mass is 10.2. The number of aromatic nitrogens is 2. The highest BCUT2D eigenvalue weighted by atomic mass is 79.9. The number of amides is 1. The summed E-state index contributed by atoms with van der Waals surface area (Å²) in [6.45, 7) is 2.00. The monoisotopic (exact) mass is 429 g/mol. The molecule has 0 bridgehead atoms. The quantitative estimate of drug-likeness (QED) is 0.684. The lowest BCUT2D eigenvalue weighted by molar-refractivity contribution is 0.102. The molecule has 1 aromatic heterocycles. The predicted octanol–water partition coefficient (Wildman–Crippen LogP) is 3.96. The molecule has 3 aromatic rings. The van der Waals surface area contributed by atoms with Gasteiger partial charge in [0.25, 0.3) is 5.91 Å². The van der Waals surface area contributed by atoms with Gasteiger partial charge in [0.2, 0.25) is 0 Å². The van der Waals surface area contributed by atoms with Crippen molar-refractivity contribution in [1.82, 2.24) is 9.78 Å². The zero-order valence-electron chi connectivity index (χ0n) is 14.0. The summed E-state index contributed by atoms with van der Waals surface area (Å²) in [6.07, 6.45) is 0. The summed E-state index contributed by atoms with van der Waals surface area (Å²) in [5, 5.41) is 7.63.